The van der Waals surface area contributed by atoms with Crippen LogP contribution in [0.3, 0.4) is 0 Å². The van der Waals surface area contributed by atoms with Crippen molar-refractivity contribution < 1.29 is 9.53 Å². The van der Waals surface area contributed by atoms with Crippen LogP contribution in [0.4, 0.5) is 0 Å². The lowest BCUT2D eigenvalue weighted by molar-refractivity contribution is -0.121. The molecule has 0 aliphatic heterocycles. The van der Waals surface area contributed by atoms with Gasteiger partial charge in [-0.2, -0.15) is 0 Å². The summed E-state index contributed by atoms with van der Waals surface area (Å²) in [5, 5.41) is 3.01. The molecule has 0 saturated heterocycles. The molecule has 1 rings (SSSR count). The van der Waals surface area contributed by atoms with E-state index >= 15 is 0 Å². The molecule has 1 aromatic carbocycles. The van der Waals surface area contributed by atoms with E-state index in [-0.39, 0.29) is 11.3 Å². The van der Waals surface area contributed by atoms with Gasteiger partial charge in [0.25, 0.3) is 0 Å². The van der Waals surface area contributed by atoms with E-state index in [1.807, 2.05) is 45.3 Å². The summed E-state index contributed by atoms with van der Waals surface area (Å²) < 4.78 is 5.65. The van der Waals surface area contributed by atoms with Crippen LogP contribution in [-0.2, 0) is 4.79 Å². The molecule has 22 heavy (non-hydrogen) atoms. The zero-order chi connectivity index (χ0) is 16.6. The van der Waals surface area contributed by atoms with E-state index in [9.17, 15) is 4.79 Å². The van der Waals surface area contributed by atoms with E-state index in [0.29, 0.717) is 19.6 Å². The van der Waals surface area contributed by atoms with Crippen molar-refractivity contribution in [1.82, 2.24) is 10.2 Å². The lowest BCUT2D eigenvalue weighted by atomic mass is 9.93. The molecule has 0 atom stereocenters. The summed E-state index contributed by atoms with van der Waals surface area (Å²) in [5.41, 5.74) is 1.26. The molecule has 0 bridgehead atoms. The number of hydrogen-bond donors (Lipinski definition) is 1. The van der Waals surface area contributed by atoms with Crippen LogP contribution in [-0.4, -0.2) is 44.6 Å². The van der Waals surface area contributed by atoms with Gasteiger partial charge in [0.2, 0.25) is 5.91 Å². The van der Waals surface area contributed by atoms with E-state index in [2.05, 4.69) is 24.1 Å². The SMILES string of the molecule is Cc1cccc(OCCCC(=O)NCC(C)(C)CN(C)C)c1. The predicted octanol–water partition coefficient (Wildman–Crippen LogP) is 2.86. The van der Waals surface area contributed by atoms with Crippen LogP contribution in [0.1, 0.15) is 32.3 Å². The highest BCUT2D eigenvalue weighted by Gasteiger charge is 2.19. The normalized spacial score (nSPS) is 11.5. The Labute approximate surface area is 134 Å². The van der Waals surface area contributed by atoms with Gasteiger partial charge in [-0.05, 0) is 50.6 Å². The van der Waals surface area contributed by atoms with Crippen molar-refractivity contribution in [2.45, 2.75) is 33.6 Å². The maximum Gasteiger partial charge on any atom is 0.220 e. The molecule has 0 unspecified atom stereocenters. The Morgan fingerprint density at radius 3 is 2.68 bits per heavy atom. The lowest BCUT2D eigenvalue weighted by Gasteiger charge is -2.28. The summed E-state index contributed by atoms with van der Waals surface area (Å²) in [5.74, 6) is 0.965. The van der Waals surface area contributed by atoms with E-state index in [1.54, 1.807) is 0 Å². The number of carbonyl (C=O) groups excluding carboxylic acids is 1. The van der Waals surface area contributed by atoms with Crippen LogP contribution in [0, 0.1) is 12.3 Å². The number of amides is 1. The minimum Gasteiger partial charge on any atom is -0.494 e. The Balaban J connectivity index is 2.18. The van der Waals surface area contributed by atoms with Crippen LogP contribution in [0.15, 0.2) is 24.3 Å². The molecule has 0 aliphatic carbocycles. The Kier molecular flexibility index (Phi) is 7.39. The standard InChI is InChI=1S/C18H30N2O2/c1-15-8-6-9-16(12-15)22-11-7-10-17(21)19-13-18(2,3)14-20(4)5/h6,8-9,12H,7,10-11,13-14H2,1-5H3,(H,19,21). The van der Waals surface area contributed by atoms with Gasteiger partial charge in [-0.3, -0.25) is 4.79 Å². The van der Waals surface area contributed by atoms with Gasteiger partial charge in [-0.15, -0.1) is 0 Å². The highest BCUT2D eigenvalue weighted by molar-refractivity contribution is 5.75. The van der Waals surface area contributed by atoms with Crippen LogP contribution >= 0.6 is 0 Å². The smallest absolute Gasteiger partial charge is 0.220 e. The van der Waals surface area contributed by atoms with E-state index in [0.717, 1.165) is 18.7 Å². The van der Waals surface area contributed by atoms with Crippen molar-refractivity contribution in [2.75, 3.05) is 33.8 Å². The first-order chi connectivity index (χ1) is 10.3. The monoisotopic (exact) mass is 306 g/mol. The Bertz CT molecular complexity index is 470. The molecule has 1 amide bonds. The van der Waals surface area contributed by atoms with Gasteiger partial charge in [-0.25, -0.2) is 0 Å². The van der Waals surface area contributed by atoms with E-state index < -0.39 is 0 Å². The maximum atomic E-state index is 11.9. The molecule has 1 aromatic rings. The second kappa shape index (κ2) is 8.79. The fourth-order valence-corrected chi connectivity index (χ4v) is 2.47. The molecule has 0 heterocycles. The third-order valence-electron chi connectivity index (χ3n) is 3.31. The topological polar surface area (TPSA) is 41.6 Å². The molecular weight excluding hydrogens is 276 g/mol. The molecule has 124 valence electrons. The third kappa shape index (κ3) is 8.03. The zero-order valence-electron chi connectivity index (χ0n) is 14.6. The summed E-state index contributed by atoms with van der Waals surface area (Å²) in [6, 6.07) is 7.96. The summed E-state index contributed by atoms with van der Waals surface area (Å²) in [6.45, 7) is 8.57. The van der Waals surface area contributed by atoms with E-state index in [4.69, 9.17) is 4.74 Å². The summed E-state index contributed by atoms with van der Waals surface area (Å²) in [6.07, 6.45) is 1.23. The van der Waals surface area contributed by atoms with Crippen molar-refractivity contribution in [3.05, 3.63) is 29.8 Å². The largest absolute Gasteiger partial charge is 0.494 e. The lowest BCUT2D eigenvalue weighted by Crippen LogP contribution is -2.39. The van der Waals surface area contributed by atoms with Crippen molar-refractivity contribution in [3.8, 4) is 5.75 Å². The number of nitrogens with one attached hydrogen (secondary N) is 1. The Morgan fingerprint density at radius 1 is 1.32 bits per heavy atom. The van der Waals surface area contributed by atoms with Crippen molar-refractivity contribution in [2.24, 2.45) is 5.41 Å². The zero-order valence-corrected chi connectivity index (χ0v) is 14.6. The molecule has 0 fully saturated rings. The molecule has 0 saturated carbocycles. The molecule has 4 nitrogen and oxygen atoms in total. The number of nitrogens with zero attached hydrogens (tertiary/aromatic N) is 1. The van der Waals surface area contributed by atoms with Crippen molar-refractivity contribution in [3.63, 3.8) is 0 Å². The van der Waals surface area contributed by atoms with Crippen molar-refractivity contribution in [1.29, 1.82) is 0 Å². The van der Waals surface area contributed by atoms with Gasteiger partial charge in [0.15, 0.2) is 0 Å². The van der Waals surface area contributed by atoms with Crippen LogP contribution in [0.5, 0.6) is 5.75 Å². The van der Waals surface area contributed by atoms with Gasteiger partial charge in [-0.1, -0.05) is 26.0 Å². The summed E-state index contributed by atoms with van der Waals surface area (Å²) in [4.78, 5) is 14.0. The second-order valence-corrected chi connectivity index (χ2v) is 6.95. The molecule has 0 radical (unpaired) electrons. The summed E-state index contributed by atoms with van der Waals surface area (Å²) in [7, 11) is 4.10. The first kappa shape index (κ1) is 18.5. The highest BCUT2D eigenvalue weighted by atomic mass is 16.5. The van der Waals surface area contributed by atoms with Gasteiger partial charge >= 0.3 is 0 Å². The first-order valence-corrected chi connectivity index (χ1v) is 7.89. The number of rotatable bonds is 9. The molecule has 0 spiro atoms. The van der Waals surface area contributed by atoms with Gasteiger partial charge in [0.05, 0.1) is 6.61 Å². The van der Waals surface area contributed by atoms with Gasteiger partial charge < -0.3 is 15.0 Å². The highest BCUT2D eigenvalue weighted by Crippen LogP contribution is 2.14. The number of ether oxygens (including phenoxy) is 1. The third-order valence-corrected chi connectivity index (χ3v) is 3.31. The quantitative estimate of drug-likeness (QED) is 0.713. The van der Waals surface area contributed by atoms with Crippen LogP contribution in [0.25, 0.3) is 0 Å². The minimum atomic E-state index is 0.0806. The second-order valence-electron chi connectivity index (χ2n) is 6.95. The minimum absolute atomic E-state index is 0.0806. The maximum absolute atomic E-state index is 11.9. The van der Waals surface area contributed by atoms with E-state index in [1.165, 1.54) is 5.56 Å². The summed E-state index contributed by atoms with van der Waals surface area (Å²) >= 11 is 0. The predicted molar refractivity (Wildman–Crippen MR) is 91.3 cm³/mol. The molecule has 0 aliphatic rings. The van der Waals surface area contributed by atoms with Crippen LogP contribution in [0.2, 0.25) is 0 Å². The fourth-order valence-electron chi connectivity index (χ4n) is 2.47. The fraction of sp³-hybridized carbons (Fsp3) is 0.611. The average molecular weight is 306 g/mol. The number of carbonyl (C=O) groups is 1. The van der Waals surface area contributed by atoms with Gasteiger partial charge in [0, 0.05) is 19.5 Å². The molecule has 0 aromatic heterocycles. The molecule has 4 heteroatoms. The van der Waals surface area contributed by atoms with Crippen LogP contribution < -0.4 is 10.1 Å². The molecule has 1 N–H and O–H groups in total. The first-order valence-electron chi connectivity index (χ1n) is 7.89. The van der Waals surface area contributed by atoms with Crippen molar-refractivity contribution >= 4 is 5.91 Å². The number of benzene rings is 1. The molecular formula is C18H30N2O2. The number of aryl methyl sites for hydroxylation is 1. The Hall–Kier alpha value is -1.55. The Morgan fingerprint density at radius 2 is 2.05 bits per heavy atom. The van der Waals surface area contributed by atoms with Gasteiger partial charge in [0.1, 0.15) is 5.75 Å². The average Bonchev–Trinajstić information content (AvgIpc) is 2.40. The number of hydrogen-bond acceptors (Lipinski definition) is 3.